The summed E-state index contributed by atoms with van der Waals surface area (Å²) < 4.78 is 5.70. The summed E-state index contributed by atoms with van der Waals surface area (Å²) in [5, 5.41) is 0.600. The number of nitrogens with one attached hydrogen (secondary N) is 1. The first-order chi connectivity index (χ1) is 8.67. The molecule has 0 aliphatic carbocycles. The molecule has 5 nitrogen and oxygen atoms in total. The van der Waals surface area contributed by atoms with Gasteiger partial charge in [0.15, 0.2) is 5.78 Å². The van der Waals surface area contributed by atoms with Crippen LogP contribution in [-0.2, 0) is 0 Å². The Morgan fingerprint density at radius 1 is 1.56 bits per heavy atom. The van der Waals surface area contributed by atoms with E-state index in [-0.39, 0.29) is 17.8 Å². The molecule has 1 unspecified atom stereocenters. The number of H-pyrrole nitrogens is 1. The highest BCUT2D eigenvalue weighted by molar-refractivity contribution is 6.32. The van der Waals surface area contributed by atoms with Crippen LogP contribution in [0.2, 0.25) is 0 Å². The topological polar surface area (TPSA) is 67.9 Å². The Hall–Kier alpha value is -1.62. The standard InChI is InChI=1S/C12H14ClN3O2/c1-3-7(2)18-12-10-8(9(17)4-13)5-14-11(10)15-6-16-12/h5-7H,3-4H2,1-2H3,(H,14,15,16). The van der Waals surface area contributed by atoms with Crippen molar-refractivity contribution in [3.05, 3.63) is 18.1 Å². The summed E-state index contributed by atoms with van der Waals surface area (Å²) in [6.45, 7) is 3.97. The third-order valence-corrected chi connectivity index (χ3v) is 2.99. The second-order valence-electron chi connectivity index (χ2n) is 4.00. The number of carbonyl (C=O) groups excluding carboxylic acids is 1. The third-order valence-electron chi connectivity index (χ3n) is 2.74. The van der Waals surface area contributed by atoms with Gasteiger partial charge in [-0.1, -0.05) is 6.92 Å². The number of rotatable bonds is 5. The molecule has 0 amide bonds. The zero-order chi connectivity index (χ0) is 13.1. The predicted octanol–water partition coefficient (Wildman–Crippen LogP) is 2.56. The molecule has 2 aromatic rings. The van der Waals surface area contributed by atoms with Crippen LogP contribution in [0.15, 0.2) is 12.5 Å². The van der Waals surface area contributed by atoms with Gasteiger partial charge in [0.25, 0.3) is 0 Å². The van der Waals surface area contributed by atoms with Crippen LogP contribution in [-0.4, -0.2) is 32.7 Å². The lowest BCUT2D eigenvalue weighted by Gasteiger charge is -2.12. The highest BCUT2D eigenvalue weighted by atomic mass is 35.5. The van der Waals surface area contributed by atoms with Crippen LogP contribution >= 0.6 is 11.6 Å². The average molecular weight is 268 g/mol. The maximum Gasteiger partial charge on any atom is 0.227 e. The molecule has 1 atom stereocenters. The van der Waals surface area contributed by atoms with Gasteiger partial charge in [-0.3, -0.25) is 4.79 Å². The van der Waals surface area contributed by atoms with Crippen molar-refractivity contribution in [1.29, 1.82) is 0 Å². The van der Waals surface area contributed by atoms with Gasteiger partial charge in [-0.25, -0.2) is 9.97 Å². The monoisotopic (exact) mass is 267 g/mol. The first kappa shape index (κ1) is 12.8. The normalized spacial score (nSPS) is 12.6. The summed E-state index contributed by atoms with van der Waals surface area (Å²) in [5.41, 5.74) is 1.05. The molecule has 0 radical (unpaired) electrons. The van der Waals surface area contributed by atoms with Crippen LogP contribution in [0, 0.1) is 0 Å². The lowest BCUT2D eigenvalue weighted by molar-refractivity contribution is 0.102. The molecular formula is C12H14ClN3O2. The Kier molecular flexibility index (Phi) is 3.81. The van der Waals surface area contributed by atoms with E-state index in [2.05, 4.69) is 15.0 Å². The molecular weight excluding hydrogens is 254 g/mol. The summed E-state index contributed by atoms with van der Waals surface area (Å²) in [5.74, 6) is 0.167. The van der Waals surface area contributed by atoms with Crippen molar-refractivity contribution in [2.24, 2.45) is 0 Å². The second kappa shape index (κ2) is 5.35. The highest BCUT2D eigenvalue weighted by Gasteiger charge is 2.18. The molecule has 6 heteroatoms. The summed E-state index contributed by atoms with van der Waals surface area (Å²) >= 11 is 5.58. The van der Waals surface area contributed by atoms with E-state index in [0.717, 1.165) is 6.42 Å². The summed E-state index contributed by atoms with van der Waals surface area (Å²) in [6.07, 6.45) is 3.88. The van der Waals surface area contributed by atoms with Crippen molar-refractivity contribution in [2.45, 2.75) is 26.4 Å². The number of alkyl halides is 1. The third kappa shape index (κ3) is 2.31. The predicted molar refractivity (Wildman–Crippen MR) is 69.3 cm³/mol. The molecule has 0 aromatic carbocycles. The fourth-order valence-corrected chi connectivity index (χ4v) is 1.73. The van der Waals surface area contributed by atoms with Crippen molar-refractivity contribution >= 4 is 28.4 Å². The minimum atomic E-state index is -0.174. The minimum Gasteiger partial charge on any atom is -0.474 e. The van der Waals surface area contributed by atoms with E-state index in [0.29, 0.717) is 22.5 Å². The Balaban J connectivity index is 2.52. The number of ketones is 1. The largest absolute Gasteiger partial charge is 0.474 e. The summed E-state index contributed by atoms with van der Waals surface area (Å²) in [7, 11) is 0. The van der Waals surface area contributed by atoms with Crippen molar-refractivity contribution in [3.63, 3.8) is 0 Å². The number of ether oxygens (including phenoxy) is 1. The lowest BCUT2D eigenvalue weighted by Crippen LogP contribution is -2.11. The molecule has 0 saturated carbocycles. The van der Waals surface area contributed by atoms with Crippen molar-refractivity contribution in [2.75, 3.05) is 5.88 Å². The molecule has 2 heterocycles. The van der Waals surface area contributed by atoms with Gasteiger partial charge >= 0.3 is 0 Å². The minimum absolute atomic E-state index is 0.0250. The number of carbonyl (C=O) groups is 1. The molecule has 1 N–H and O–H groups in total. The van der Waals surface area contributed by atoms with Crippen LogP contribution in [0.3, 0.4) is 0 Å². The number of aromatic nitrogens is 3. The van der Waals surface area contributed by atoms with E-state index in [1.165, 1.54) is 6.33 Å². The first-order valence-electron chi connectivity index (χ1n) is 5.75. The van der Waals surface area contributed by atoms with Crippen molar-refractivity contribution in [1.82, 2.24) is 15.0 Å². The Labute approximate surface area is 110 Å². The zero-order valence-electron chi connectivity index (χ0n) is 10.2. The lowest BCUT2D eigenvalue weighted by atomic mass is 10.2. The molecule has 0 aliphatic rings. The van der Waals surface area contributed by atoms with Crippen LogP contribution in [0.25, 0.3) is 11.0 Å². The fourth-order valence-electron chi connectivity index (χ4n) is 1.59. The van der Waals surface area contributed by atoms with Gasteiger partial charge in [0.1, 0.15) is 12.0 Å². The Bertz CT molecular complexity index is 567. The summed E-state index contributed by atoms with van der Waals surface area (Å²) in [4.78, 5) is 22.8. The molecule has 2 aromatic heterocycles. The van der Waals surface area contributed by atoms with Gasteiger partial charge in [-0.05, 0) is 13.3 Å². The highest BCUT2D eigenvalue weighted by Crippen LogP contribution is 2.26. The number of aromatic amines is 1. The van der Waals surface area contributed by atoms with Crippen LogP contribution in [0.4, 0.5) is 0 Å². The van der Waals surface area contributed by atoms with Crippen LogP contribution in [0.5, 0.6) is 5.88 Å². The van der Waals surface area contributed by atoms with E-state index in [1.54, 1.807) is 6.20 Å². The maximum absolute atomic E-state index is 11.7. The van der Waals surface area contributed by atoms with E-state index < -0.39 is 0 Å². The zero-order valence-corrected chi connectivity index (χ0v) is 11.0. The quantitative estimate of drug-likeness (QED) is 0.668. The number of nitrogens with zero attached hydrogens (tertiary/aromatic N) is 2. The van der Waals surface area contributed by atoms with Gasteiger partial charge in [-0.15, -0.1) is 11.6 Å². The molecule has 0 aliphatic heterocycles. The molecule has 18 heavy (non-hydrogen) atoms. The first-order valence-corrected chi connectivity index (χ1v) is 6.28. The molecule has 96 valence electrons. The number of Topliss-reactive ketones (excluding diaryl/α,β-unsaturated/α-hetero) is 1. The number of fused-ring (bicyclic) bond motifs is 1. The Morgan fingerprint density at radius 3 is 3.00 bits per heavy atom. The van der Waals surface area contributed by atoms with Crippen molar-refractivity contribution in [3.8, 4) is 5.88 Å². The second-order valence-corrected chi connectivity index (χ2v) is 4.27. The maximum atomic E-state index is 11.7. The van der Waals surface area contributed by atoms with Crippen molar-refractivity contribution < 1.29 is 9.53 Å². The molecule has 0 spiro atoms. The fraction of sp³-hybridized carbons (Fsp3) is 0.417. The van der Waals surface area contributed by atoms with E-state index in [4.69, 9.17) is 16.3 Å². The summed E-state index contributed by atoms with van der Waals surface area (Å²) in [6, 6.07) is 0. The smallest absolute Gasteiger partial charge is 0.227 e. The van der Waals surface area contributed by atoms with Crippen LogP contribution < -0.4 is 4.74 Å². The molecule has 0 fully saturated rings. The van der Waals surface area contributed by atoms with Gasteiger partial charge < -0.3 is 9.72 Å². The number of hydrogen-bond donors (Lipinski definition) is 1. The average Bonchev–Trinajstić information content (AvgIpc) is 2.82. The molecule has 0 bridgehead atoms. The van der Waals surface area contributed by atoms with Gasteiger partial charge in [0, 0.05) is 6.20 Å². The number of hydrogen-bond acceptors (Lipinski definition) is 4. The van der Waals surface area contributed by atoms with Gasteiger partial charge in [-0.2, -0.15) is 0 Å². The molecule has 0 saturated heterocycles. The SMILES string of the molecule is CCC(C)Oc1ncnc2[nH]cc(C(=O)CCl)c12. The van der Waals surface area contributed by atoms with Gasteiger partial charge in [0.05, 0.1) is 22.9 Å². The van der Waals surface area contributed by atoms with Gasteiger partial charge in [0.2, 0.25) is 5.88 Å². The number of halogens is 1. The molecule has 2 rings (SSSR count). The Morgan fingerprint density at radius 2 is 2.33 bits per heavy atom. The van der Waals surface area contributed by atoms with E-state index >= 15 is 0 Å². The van der Waals surface area contributed by atoms with Crippen LogP contribution in [0.1, 0.15) is 30.6 Å². The van der Waals surface area contributed by atoms with E-state index in [9.17, 15) is 4.79 Å². The van der Waals surface area contributed by atoms with E-state index in [1.807, 2.05) is 13.8 Å².